The van der Waals surface area contributed by atoms with E-state index < -0.39 is 5.76 Å². The molecule has 2 aromatic rings. The zero-order valence-corrected chi connectivity index (χ0v) is 7.37. The Morgan fingerprint density at radius 2 is 2.29 bits per heavy atom. The van der Waals surface area contributed by atoms with Crippen molar-refractivity contribution in [2.75, 3.05) is 0 Å². The monoisotopic (exact) mass is 194 g/mol. The van der Waals surface area contributed by atoms with Gasteiger partial charge in [0.25, 0.3) is 0 Å². The van der Waals surface area contributed by atoms with E-state index in [0.717, 1.165) is 0 Å². The number of aromatic amines is 1. The minimum absolute atomic E-state index is 0.165. The number of aryl methyl sites for hydroxylation is 1. The molecule has 72 valence electrons. The Hall–Kier alpha value is -1.91. The zero-order chi connectivity index (χ0) is 10.1. The fraction of sp³-hybridized carbons (Fsp3) is 0.111. The van der Waals surface area contributed by atoms with E-state index in [1.165, 1.54) is 12.1 Å². The third kappa shape index (κ3) is 1.44. The smallest absolute Gasteiger partial charge is 0.388 e. The largest absolute Gasteiger partial charge is 0.434 e. The van der Waals surface area contributed by atoms with Gasteiger partial charge in [0.2, 0.25) is 5.89 Å². The Balaban J connectivity index is 2.52. The van der Waals surface area contributed by atoms with E-state index in [1.54, 1.807) is 13.0 Å². The van der Waals surface area contributed by atoms with Crippen LogP contribution in [-0.4, -0.2) is 10.2 Å². The lowest BCUT2D eigenvalue weighted by Crippen LogP contribution is -1.93. The predicted molar refractivity (Wildman–Crippen MR) is 47.3 cm³/mol. The minimum Gasteiger partial charge on any atom is -0.388 e. The van der Waals surface area contributed by atoms with Gasteiger partial charge >= 0.3 is 5.76 Å². The number of nitrogens with one attached hydrogen (secondary N) is 1. The third-order valence-corrected chi connectivity index (χ3v) is 1.84. The first-order valence-corrected chi connectivity index (χ1v) is 3.99. The molecule has 0 bridgehead atoms. The lowest BCUT2D eigenvalue weighted by molar-refractivity contribution is 0.526. The van der Waals surface area contributed by atoms with Crippen molar-refractivity contribution < 1.29 is 8.81 Å². The Morgan fingerprint density at radius 1 is 1.50 bits per heavy atom. The predicted octanol–water partition coefficient (Wildman–Crippen LogP) is 1.48. The number of rotatable bonds is 1. The van der Waals surface area contributed by atoms with Gasteiger partial charge in [-0.05, 0) is 30.7 Å². The van der Waals surface area contributed by atoms with Crippen molar-refractivity contribution in [1.82, 2.24) is 10.2 Å². The van der Waals surface area contributed by atoms with E-state index in [1.807, 2.05) is 0 Å². The van der Waals surface area contributed by atoms with Crippen molar-refractivity contribution in [3.8, 4) is 11.5 Å². The molecule has 2 rings (SSSR count). The fourth-order valence-corrected chi connectivity index (χ4v) is 1.13. The highest BCUT2D eigenvalue weighted by atomic mass is 19.1. The van der Waals surface area contributed by atoms with Gasteiger partial charge in [0.05, 0.1) is 0 Å². The lowest BCUT2D eigenvalue weighted by atomic mass is 10.1. The molecule has 0 unspecified atom stereocenters. The van der Waals surface area contributed by atoms with Gasteiger partial charge in [-0.25, -0.2) is 14.3 Å². The van der Waals surface area contributed by atoms with E-state index in [-0.39, 0.29) is 11.7 Å². The summed E-state index contributed by atoms with van der Waals surface area (Å²) in [6.45, 7) is 1.63. The summed E-state index contributed by atoms with van der Waals surface area (Å²) in [6, 6.07) is 4.37. The summed E-state index contributed by atoms with van der Waals surface area (Å²) in [5.74, 6) is -0.758. The highest BCUT2D eigenvalue weighted by Crippen LogP contribution is 2.17. The second-order valence-corrected chi connectivity index (χ2v) is 2.88. The summed E-state index contributed by atoms with van der Waals surface area (Å²) in [5.41, 5.74) is 1.05. The first kappa shape index (κ1) is 8.68. The van der Waals surface area contributed by atoms with Crippen LogP contribution in [0, 0.1) is 12.7 Å². The van der Waals surface area contributed by atoms with Gasteiger partial charge in [0.1, 0.15) is 5.82 Å². The molecule has 0 spiro atoms. The Kier molecular flexibility index (Phi) is 1.92. The molecule has 0 fully saturated rings. The Labute approximate surface area is 78.4 Å². The van der Waals surface area contributed by atoms with Crippen LogP contribution in [0.1, 0.15) is 5.56 Å². The average Bonchev–Trinajstić information content (AvgIpc) is 2.57. The van der Waals surface area contributed by atoms with Crippen molar-refractivity contribution >= 4 is 0 Å². The van der Waals surface area contributed by atoms with Crippen LogP contribution in [-0.2, 0) is 0 Å². The number of aromatic nitrogens is 2. The van der Waals surface area contributed by atoms with Gasteiger partial charge in [-0.1, -0.05) is 0 Å². The molecule has 0 saturated heterocycles. The van der Waals surface area contributed by atoms with E-state index in [2.05, 4.69) is 10.2 Å². The van der Waals surface area contributed by atoms with Crippen LogP contribution in [0.2, 0.25) is 0 Å². The molecule has 5 heteroatoms. The standard InChI is InChI=1S/C9H7FN2O2/c1-5-4-6(2-3-7(5)10)8-11-12-9(13)14-8/h2-4H,1H3,(H,12,13). The Bertz CT molecular complexity index is 516. The molecule has 1 aromatic heterocycles. The molecule has 4 nitrogen and oxygen atoms in total. The van der Waals surface area contributed by atoms with Crippen LogP contribution in [0.25, 0.3) is 11.5 Å². The lowest BCUT2D eigenvalue weighted by Gasteiger charge is -1.97. The second-order valence-electron chi connectivity index (χ2n) is 2.88. The maximum Gasteiger partial charge on any atom is 0.434 e. The molecule has 14 heavy (non-hydrogen) atoms. The highest BCUT2D eigenvalue weighted by Gasteiger charge is 2.06. The zero-order valence-electron chi connectivity index (χ0n) is 7.37. The van der Waals surface area contributed by atoms with E-state index in [4.69, 9.17) is 4.42 Å². The fourth-order valence-electron chi connectivity index (χ4n) is 1.13. The van der Waals surface area contributed by atoms with Crippen LogP contribution in [0.15, 0.2) is 27.4 Å². The van der Waals surface area contributed by atoms with E-state index in [0.29, 0.717) is 11.1 Å². The topological polar surface area (TPSA) is 58.9 Å². The van der Waals surface area contributed by atoms with Gasteiger partial charge in [-0.15, -0.1) is 5.10 Å². The normalized spacial score (nSPS) is 10.4. The Morgan fingerprint density at radius 3 is 2.86 bits per heavy atom. The second kappa shape index (κ2) is 3.10. The molecule has 1 aromatic carbocycles. The van der Waals surface area contributed by atoms with E-state index in [9.17, 15) is 9.18 Å². The molecule has 1 N–H and O–H groups in total. The highest BCUT2D eigenvalue weighted by molar-refractivity contribution is 5.53. The molecular weight excluding hydrogens is 187 g/mol. The summed E-state index contributed by atoms with van der Waals surface area (Å²) in [5, 5.41) is 5.77. The van der Waals surface area contributed by atoms with Gasteiger partial charge in [-0.3, -0.25) is 0 Å². The summed E-state index contributed by atoms with van der Waals surface area (Å²) in [4.78, 5) is 10.7. The molecule has 0 atom stereocenters. The molecule has 0 aliphatic rings. The maximum atomic E-state index is 12.9. The van der Waals surface area contributed by atoms with E-state index >= 15 is 0 Å². The summed E-state index contributed by atoms with van der Waals surface area (Å²) >= 11 is 0. The molecular formula is C9H7FN2O2. The van der Waals surface area contributed by atoms with Crippen molar-refractivity contribution in [3.05, 3.63) is 40.1 Å². The van der Waals surface area contributed by atoms with Crippen molar-refractivity contribution in [2.24, 2.45) is 0 Å². The van der Waals surface area contributed by atoms with Crippen LogP contribution in [0.4, 0.5) is 4.39 Å². The quantitative estimate of drug-likeness (QED) is 0.747. The number of hydrogen-bond acceptors (Lipinski definition) is 3. The first-order chi connectivity index (χ1) is 6.66. The molecule has 0 aliphatic heterocycles. The van der Waals surface area contributed by atoms with Gasteiger partial charge in [-0.2, -0.15) is 0 Å². The first-order valence-electron chi connectivity index (χ1n) is 3.99. The molecule has 0 saturated carbocycles. The van der Waals surface area contributed by atoms with Gasteiger partial charge in [0, 0.05) is 5.56 Å². The third-order valence-electron chi connectivity index (χ3n) is 1.84. The van der Waals surface area contributed by atoms with Crippen molar-refractivity contribution in [3.63, 3.8) is 0 Å². The SMILES string of the molecule is Cc1cc(-c2n[nH]c(=O)o2)ccc1F. The number of hydrogen-bond donors (Lipinski definition) is 1. The average molecular weight is 194 g/mol. The van der Waals surface area contributed by atoms with Crippen LogP contribution < -0.4 is 5.76 Å². The van der Waals surface area contributed by atoms with Crippen molar-refractivity contribution in [1.29, 1.82) is 0 Å². The number of H-pyrrole nitrogens is 1. The van der Waals surface area contributed by atoms with Crippen molar-refractivity contribution in [2.45, 2.75) is 6.92 Å². The van der Waals surface area contributed by atoms with Gasteiger partial charge in [0.15, 0.2) is 0 Å². The maximum absolute atomic E-state index is 12.9. The molecule has 0 radical (unpaired) electrons. The number of halogens is 1. The molecule has 0 amide bonds. The summed E-state index contributed by atoms with van der Waals surface area (Å²) in [7, 11) is 0. The summed E-state index contributed by atoms with van der Waals surface area (Å²) in [6.07, 6.45) is 0. The number of nitrogens with zero attached hydrogens (tertiary/aromatic N) is 1. The van der Waals surface area contributed by atoms with Crippen LogP contribution in [0.5, 0.6) is 0 Å². The number of benzene rings is 1. The molecule has 0 aliphatic carbocycles. The summed E-state index contributed by atoms with van der Waals surface area (Å²) < 4.78 is 17.6. The van der Waals surface area contributed by atoms with Crippen LogP contribution >= 0.6 is 0 Å². The minimum atomic E-state index is -0.623. The van der Waals surface area contributed by atoms with Crippen LogP contribution in [0.3, 0.4) is 0 Å². The van der Waals surface area contributed by atoms with Gasteiger partial charge < -0.3 is 4.42 Å². The molecule has 1 heterocycles.